The summed E-state index contributed by atoms with van der Waals surface area (Å²) in [6.07, 6.45) is 1.83. The lowest BCUT2D eigenvalue weighted by Crippen LogP contribution is -1.90. The van der Waals surface area contributed by atoms with E-state index in [1.165, 1.54) is 38.9 Å². The number of hydrogen-bond donors (Lipinski definition) is 0. The normalized spacial score (nSPS) is 11.4. The fourth-order valence-electron chi connectivity index (χ4n) is 4.20. The van der Waals surface area contributed by atoms with E-state index in [0.29, 0.717) is 0 Å². The van der Waals surface area contributed by atoms with E-state index in [9.17, 15) is 0 Å². The molecule has 4 rings (SSSR count). The van der Waals surface area contributed by atoms with Crippen molar-refractivity contribution in [2.45, 2.75) is 54.1 Å². The van der Waals surface area contributed by atoms with Crippen molar-refractivity contribution in [3.05, 3.63) is 81.4 Å². The van der Waals surface area contributed by atoms with E-state index in [0.717, 1.165) is 34.5 Å². The minimum absolute atomic E-state index is 0.874. The van der Waals surface area contributed by atoms with Gasteiger partial charge in [0.15, 0.2) is 0 Å². The molecule has 0 N–H and O–H groups in total. The average Bonchev–Trinajstić information content (AvgIpc) is 2.79. The number of fused-ring (bicyclic) bond motifs is 3. The first-order valence-corrected chi connectivity index (χ1v) is 11.6. The first kappa shape index (κ1) is 19.9. The summed E-state index contributed by atoms with van der Waals surface area (Å²) >= 11 is 0. The predicted molar refractivity (Wildman–Crippen MR) is 125 cm³/mol. The lowest BCUT2D eigenvalue weighted by Gasteiger charge is -2.06. The SMILES string of the molecule is Cc1ccc(CCp2oc3c(C)cc(C)cc3c3cc(C)cc(C)c3o2)c(C)c1. The van der Waals surface area contributed by atoms with E-state index >= 15 is 0 Å². The van der Waals surface area contributed by atoms with Crippen molar-refractivity contribution in [2.24, 2.45) is 0 Å². The van der Waals surface area contributed by atoms with Gasteiger partial charge in [0.05, 0.1) is 6.16 Å². The third-order valence-corrected chi connectivity index (χ3v) is 6.94. The van der Waals surface area contributed by atoms with E-state index in [-0.39, 0.29) is 0 Å². The van der Waals surface area contributed by atoms with Crippen molar-refractivity contribution in [1.82, 2.24) is 0 Å². The van der Waals surface area contributed by atoms with Gasteiger partial charge in [0.25, 0.3) is 0 Å². The third kappa shape index (κ3) is 4.00. The first-order valence-electron chi connectivity index (χ1n) is 10.2. The highest BCUT2D eigenvalue weighted by Crippen LogP contribution is 2.39. The Balaban J connectivity index is 1.92. The van der Waals surface area contributed by atoms with Gasteiger partial charge in [-0.2, -0.15) is 0 Å². The summed E-state index contributed by atoms with van der Waals surface area (Å²) < 4.78 is 13.1. The second-order valence-electron chi connectivity index (χ2n) is 8.34. The zero-order chi connectivity index (χ0) is 20.7. The van der Waals surface area contributed by atoms with Gasteiger partial charge >= 0.3 is 0 Å². The summed E-state index contributed by atoms with van der Waals surface area (Å²) in [6, 6.07) is 15.5. The fourth-order valence-corrected chi connectivity index (χ4v) is 5.74. The maximum Gasteiger partial charge on any atom is 0.216 e. The van der Waals surface area contributed by atoms with Crippen molar-refractivity contribution >= 4 is 30.0 Å². The summed E-state index contributed by atoms with van der Waals surface area (Å²) in [5, 5.41) is 2.31. The van der Waals surface area contributed by atoms with Gasteiger partial charge in [-0.3, -0.25) is 0 Å². The molecule has 29 heavy (non-hydrogen) atoms. The molecule has 0 fully saturated rings. The zero-order valence-corrected chi connectivity index (χ0v) is 19.1. The largest absolute Gasteiger partial charge is 0.419 e. The topological polar surface area (TPSA) is 26.3 Å². The molecule has 0 atom stereocenters. The molecule has 0 aliphatic rings. The Morgan fingerprint density at radius 3 is 1.66 bits per heavy atom. The number of hydrogen-bond acceptors (Lipinski definition) is 2. The molecule has 1 aromatic heterocycles. The molecule has 0 saturated carbocycles. The second-order valence-corrected chi connectivity index (χ2v) is 9.81. The van der Waals surface area contributed by atoms with Crippen molar-refractivity contribution in [3.8, 4) is 0 Å². The Kier molecular flexibility index (Phi) is 5.32. The molecule has 1 heterocycles. The molecular formula is C26H29O2P. The Hall–Kier alpha value is -2.44. The Bertz CT molecular complexity index is 1190. The highest BCUT2D eigenvalue weighted by molar-refractivity contribution is 7.36. The van der Waals surface area contributed by atoms with Gasteiger partial charge < -0.3 is 8.39 Å². The highest BCUT2D eigenvalue weighted by Gasteiger charge is 2.12. The Morgan fingerprint density at radius 2 is 1.14 bits per heavy atom. The molecule has 0 spiro atoms. The molecule has 0 bridgehead atoms. The van der Waals surface area contributed by atoms with Crippen LogP contribution in [0.2, 0.25) is 0 Å². The highest BCUT2D eigenvalue weighted by atomic mass is 31.1. The molecule has 0 unspecified atom stereocenters. The lowest BCUT2D eigenvalue weighted by atomic mass is 10.0. The van der Waals surface area contributed by atoms with E-state index < -0.39 is 8.01 Å². The first-order chi connectivity index (χ1) is 13.8. The van der Waals surface area contributed by atoms with Crippen molar-refractivity contribution < 1.29 is 8.39 Å². The molecule has 0 saturated heterocycles. The summed E-state index contributed by atoms with van der Waals surface area (Å²) in [5.41, 5.74) is 10.8. The zero-order valence-electron chi connectivity index (χ0n) is 18.2. The maximum atomic E-state index is 6.55. The van der Waals surface area contributed by atoms with Crippen LogP contribution < -0.4 is 0 Å². The van der Waals surface area contributed by atoms with Crippen LogP contribution in [0.5, 0.6) is 0 Å². The summed E-state index contributed by atoms with van der Waals surface area (Å²) in [4.78, 5) is 0. The molecule has 150 valence electrons. The van der Waals surface area contributed by atoms with Crippen LogP contribution in [0.25, 0.3) is 21.9 Å². The fraction of sp³-hybridized carbons (Fsp3) is 0.308. The number of benzene rings is 3. The molecule has 4 aromatic rings. The van der Waals surface area contributed by atoms with E-state index in [1.807, 2.05) is 0 Å². The monoisotopic (exact) mass is 404 g/mol. The molecular weight excluding hydrogens is 375 g/mol. The quantitative estimate of drug-likeness (QED) is 0.343. The van der Waals surface area contributed by atoms with Crippen molar-refractivity contribution in [3.63, 3.8) is 0 Å². The van der Waals surface area contributed by atoms with Crippen LogP contribution >= 0.6 is 8.01 Å². The second kappa shape index (κ2) is 7.76. The molecule has 0 radical (unpaired) electrons. The Morgan fingerprint density at radius 1 is 0.621 bits per heavy atom. The van der Waals surface area contributed by atoms with Gasteiger partial charge in [0.2, 0.25) is 8.01 Å². The van der Waals surface area contributed by atoms with Crippen molar-refractivity contribution in [1.29, 1.82) is 0 Å². The van der Waals surface area contributed by atoms with Gasteiger partial charge in [0.1, 0.15) is 11.2 Å². The van der Waals surface area contributed by atoms with Crippen LogP contribution in [-0.2, 0) is 12.6 Å². The van der Waals surface area contributed by atoms with Gasteiger partial charge in [-0.25, -0.2) is 0 Å². The summed E-state index contributed by atoms with van der Waals surface area (Å²) in [5.74, 6) is 0. The summed E-state index contributed by atoms with van der Waals surface area (Å²) in [7, 11) is -1.07. The number of rotatable bonds is 3. The maximum absolute atomic E-state index is 6.55. The van der Waals surface area contributed by atoms with E-state index in [1.54, 1.807) is 0 Å². The molecule has 0 aliphatic carbocycles. The van der Waals surface area contributed by atoms with Gasteiger partial charge in [-0.15, -0.1) is 0 Å². The van der Waals surface area contributed by atoms with Crippen LogP contribution in [0.3, 0.4) is 0 Å². The molecule has 0 amide bonds. The summed E-state index contributed by atoms with van der Waals surface area (Å²) in [6.45, 7) is 12.9. The van der Waals surface area contributed by atoms with Crippen molar-refractivity contribution in [2.75, 3.05) is 0 Å². The molecule has 2 nitrogen and oxygen atoms in total. The standard InChI is InChI=1S/C26H29O2P/c1-16-7-8-22(19(4)11-16)9-10-29-27-25-20(5)12-17(2)14-23(25)24-15-18(3)13-21(6)26(24)28-29/h7-8,11-15H,9-10H2,1-6H3. The van der Waals surface area contributed by atoms with Crippen LogP contribution in [0, 0.1) is 41.5 Å². The van der Waals surface area contributed by atoms with E-state index in [2.05, 4.69) is 84.0 Å². The van der Waals surface area contributed by atoms with Crippen LogP contribution in [-0.4, -0.2) is 0 Å². The third-order valence-electron chi connectivity index (χ3n) is 5.58. The minimum atomic E-state index is -1.07. The smallest absolute Gasteiger partial charge is 0.216 e. The average molecular weight is 404 g/mol. The van der Waals surface area contributed by atoms with Gasteiger partial charge in [-0.1, -0.05) is 35.9 Å². The Labute approximate surface area is 174 Å². The lowest BCUT2D eigenvalue weighted by molar-refractivity contribution is 0.629. The minimum Gasteiger partial charge on any atom is -0.419 e. The van der Waals surface area contributed by atoms with Crippen LogP contribution in [0.15, 0.2) is 50.9 Å². The van der Waals surface area contributed by atoms with Gasteiger partial charge in [0, 0.05) is 10.8 Å². The molecule has 3 aromatic carbocycles. The predicted octanol–water partition coefficient (Wildman–Crippen LogP) is 8.38. The number of aryl methyl sites for hydroxylation is 8. The van der Waals surface area contributed by atoms with Gasteiger partial charge in [-0.05, 0) is 93.5 Å². The van der Waals surface area contributed by atoms with Crippen LogP contribution in [0.4, 0.5) is 0 Å². The molecule has 3 heteroatoms. The van der Waals surface area contributed by atoms with E-state index in [4.69, 9.17) is 8.39 Å². The van der Waals surface area contributed by atoms with Crippen LogP contribution in [0.1, 0.15) is 38.9 Å². The molecule has 0 aliphatic heterocycles.